The van der Waals surface area contributed by atoms with E-state index in [1.807, 2.05) is 43.3 Å². The van der Waals surface area contributed by atoms with Crippen LogP contribution in [-0.4, -0.2) is 30.0 Å². The molecular formula is C33H38N2O3S. The van der Waals surface area contributed by atoms with E-state index in [2.05, 4.69) is 59.1 Å². The first-order chi connectivity index (χ1) is 19.1. The lowest BCUT2D eigenvalue weighted by Gasteiger charge is -2.25. The van der Waals surface area contributed by atoms with Gasteiger partial charge in [-0.1, -0.05) is 67.4 Å². The molecule has 1 aliphatic carbocycles. The third-order valence-corrected chi connectivity index (χ3v) is 8.63. The lowest BCUT2D eigenvalue weighted by atomic mass is 9.84. The Kier molecular flexibility index (Phi) is 9.27. The van der Waals surface area contributed by atoms with Gasteiger partial charge in [-0.25, -0.2) is 4.79 Å². The molecule has 39 heavy (non-hydrogen) atoms. The number of rotatable bonds is 10. The Morgan fingerprint density at radius 1 is 0.923 bits per heavy atom. The zero-order chi connectivity index (χ0) is 27.0. The Morgan fingerprint density at radius 2 is 1.62 bits per heavy atom. The minimum atomic E-state index is -0.279. The number of hydrogen-bond acceptors (Lipinski definition) is 6. The molecular weight excluding hydrogens is 504 g/mol. The first-order valence-corrected chi connectivity index (χ1v) is 14.9. The maximum Gasteiger partial charge on any atom is 0.338 e. The molecule has 1 saturated carbocycles. The van der Waals surface area contributed by atoms with Crippen LogP contribution >= 0.6 is 11.8 Å². The highest BCUT2D eigenvalue weighted by molar-refractivity contribution is 8.03. The lowest BCUT2D eigenvalue weighted by molar-refractivity contribution is 0.0526. The highest BCUT2D eigenvalue weighted by Gasteiger charge is 2.22. The van der Waals surface area contributed by atoms with Gasteiger partial charge in [0.2, 0.25) is 0 Å². The summed E-state index contributed by atoms with van der Waals surface area (Å²) in [6.45, 7) is 3.54. The molecule has 6 heteroatoms. The summed E-state index contributed by atoms with van der Waals surface area (Å²) in [4.78, 5) is 14.1. The molecule has 1 fully saturated rings. The second kappa shape index (κ2) is 13.2. The second-order valence-electron chi connectivity index (χ2n) is 10.4. The van der Waals surface area contributed by atoms with Crippen LogP contribution in [0, 0.1) is 0 Å². The molecule has 0 radical (unpaired) electrons. The monoisotopic (exact) mass is 542 g/mol. The number of benzene rings is 3. The van der Waals surface area contributed by atoms with Gasteiger partial charge < -0.3 is 14.8 Å². The molecule has 2 aliphatic rings. The molecule has 3 aromatic rings. The fraction of sp³-hybridized carbons (Fsp3) is 0.364. The number of carbonyl (C=O) groups is 1. The molecule has 1 aliphatic heterocycles. The summed E-state index contributed by atoms with van der Waals surface area (Å²) in [6, 6.07) is 25.0. The Hall–Kier alpha value is -3.22. The van der Waals surface area contributed by atoms with E-state index in [9.17, 15) is 4.79 Å². The van der Waals surface area contributed by atoms with E-state index < -0.39 is 0 Å². The largest absolute Gasteiger partial charge is 0.489 e. The average molecular weight is 543 g/mol. The summed E-state index contributed by atoms with van der Waals surface area (Å²) < 4.78 is 11.1. The van der Waals surface area contributed by atoms with Gasteiger partial charge in [-0.15, -0.1) is 0 Å². The Bertz CT molecular complexity index is 1250. The maximum atomic E-state index is 11.9. The minimum Gasteiger partial charge on any atom is -0.489 e. The first kappa shape index (κ1) is 27.4. The molecule has 0 aromatic heterocycles. The summed E-state index contributed by atoms with van der Waals surface area (Å²) in [6.07, 6.45) is 6.77. The van der Waals surface area contributed by atoms with E-state index in [0.29, 0.717) is 18.8 Å². The van der Waals surface area contributed by atoms with E-state index in [1.165, 1.54) is 43.2 Å². The molecule has 0 spiro atoms. The number of hydrogen-bond donors (Lipinski definition) is 1. The van der Waals surface area contributed by atoms with E-state index in [4.69, 9.17) is 9.47 Å². The van der Waals surface area contributed by atoms with Crippen LogP contribution in [0.2, 0.25) is 0 Å². The number of thioether (sulfide) groups is 1. The van der Waals surface area contributed by atoms with E-state index in [1.54, 1.807) is 11.8 Å². The summed E-state index contributed by atoms with van der Waals surface area (Å²) in [5.74, 6) is 1.34. The zero-order valence-corrected chi connectivity index (χ0v) is 23.7. The van der Waals surface area contributed by atoms with Crippen molar-refractivity contribution in [1.82, 2.24) is 10.2 Å². The standard InChI is InChI=1S/C33H38N2O3S/c1-3-37-32(36)29-15-9-24(10-16-29)21-35(2)33-34-31(23-39-33)28-17-19-30(20-18-28)38-22-25-11-13-27(14-12-25)26-7-5-4-6-8-26/h9-20,23,26,33-34H,3-8,21-22H2,1-2H3. The molecule has 0 amide bonds. The number of nitrogens with one attached hydrogen (secondary N) is 1. The third kappa shape index (κ3) is 7.25. The van der Waals surface area contributed by atoms with Gasteiger partial charge in [0, 0.05) is 12.2 Å². The van der Waals surface area contributed by atoms with Gasteiger partial charge >= 0.3 is 5.97 Å². The smallest absolute Gasteiger partial charge is 0.338 e. The van der Waals surface area contributed by atoms with Crippen molar-refractivity contribution in [1.29, 1.82) is 0 Å². The molecule has 0 saturated heterocycles. The van der Waals surface area contributed by atoms with Crippen molar-refractivity contribution < 1.29 is 14.3 Å². The number of carbonyl (C=O) groups excluding carboxylic acids is 1. The van der Waals surface area contributed by atoms with Crippen molar-refractivity contribution in [3.8, 4) is 5.75 Å². The molecule has 1 atom stereocenters. The van der Waals surface area contributed by atoms with Crippen molar-refractivity contribution in [3.05, 3.63) is 106 Å². The van der Waals surface area contributed by atoms with Crippen molar-refractivity contribution >= 4 is 23.4 Å². The van der Waals surface area contributed by atoms with Crippen LogP contribution in [0.15, 0.2) is 78.2 Å². The summed E-state index contributed by atoms with van der Waals surface area (Å²) >= 11 is 1.76. The van der Waals surface area contributed by atoms with E-state index >= 15 is 0 Å². The SMILES string of the molecule is CCOC(=O)c1ccc(CN(C)C2NC(c3ccc(OCc4ccc(C5CCCCC5)cc4)cc3)=CS2)cc1. The van der Waals surface area contributed by atoms with Gasteiger partial charge in [0.15, 0.2) is 0 Å². The van der Waals surface area contributed by atoms with Gasteiger partial charge in [-0.3, -0.25) is 4.90 Å². The van der Waals surface area contributed by atoms with Crippen LogP contribution in [0.4, 0.5) is 0 Å². The van der Waals surface area contributed by atoms with Crippen LogP contribution < -0.4 is 10.1 Å². The molecule has 1 heterocycles. The predicted molar refractivity (Wildman–Crippen MR) is 159 cm³/mol. The second-order valence-corrected chi connectivity index (χ2v) is 11.3. The van der Waals surface area contributed by atoms with Crippen LogP contribution in [0.1, 0.15) is 77.6 Å². The molecule has 1 N–H and O–H groups in total. The van der Waals surface area contributed by atoms with Crippen LogP contribution in [0.5, 0.6) is 5.75 Å². The zero-order valence-electron chi connectivity index (χ0n) is 22.9. The van der Waals surface area contributed by atoms with Gasteiger partial charge in [0.25, 0.3) is 0 Å². The fourth-order valence-electron chi connectivity index (χ4n) is 5.25. The third-order valence-electron chi connectivity index (χ3n) is 7.52. The van der Waals surface area contributed by atoms with E-state index in [-0.39, 0.29) is 11.5 Å². The molecule has 0 bridgehead atoms. The molecule has 5 rings (SSSR count). The Labute approximate surface area is 236 Å². The maximum absolute atomic E-state index is 11.9. The van der Waals surface area contributed by atoms with Gasteiger partial charge in [-0.2, -0.15) is 0 Å². The summed E-state index contributed by atoms with van der Waals surface area (Å²) in [7, 11) is 2.10. The lowest BCUT2D eigenvalue weighted by Crippen LogP contribution is -2.36. The van der Waals surface area contributed by atoms with Crippen molar-refractivity contribution in [2.45, 2.75) is 63.6 Å². The van der Waals surface area contributed by atoms with Crippen LogP contribution in [-0.2, 0) is 17.9 Å². The van der Waals surface area contributed by atoms with Gasteiger partial charge in [-0.05, 0) is 96.8 Å². The first-order valence-electron chi connectivity index (χ1n) is 14.0. The highest BCUT2D eigenvalue weighted by atomic mass is 32.2. The number of ether oxygens (including phenoxy) is 2. The Morgan fingerprint density at radius 3 is 2.31 bits per heavy atom. The van der Waals surface area contributed by atoms with Crippen molar-refractivity contribution in [2.75, 3.05) is 13.7 Å². The fourth-order valence-corrected chi connectivity index (χ4v) is 6.20. The number of nitrogens with zero attached hydrogens (tertiary/aromatic N) is 1. The normalized spacial score (nSPS) is 17.5. The van der Waals surface area contributed by atoms with E-state index in [0.717, 1.165) is 35.0 Å². The molecule has 3 aromatic carbocycles. The van der Waals surface area contributed by atoms with Gasteiger partial charge in [0.1, 0.15) is 17.9 Å². The molecule has 204 valence electrons. The van der Waals surface area contributed by atoms with Crippen LogP contribution in [0.25, 0.3) is 5.70 Å². The summed E-state index contributed by atoms with van der Waals surface area (Å²) in [5, 5.41) is 5.79. The Balaban J connectivity index is 1.09. The average Bonchev–Trinajstić information content (AvgIpc) is 3.48. The molecule has 1 unspecified atom stereocenters. The van der Waals surface area contributed by atoms with Crippen molar-refractivity contribution in [2.24, 2.45) is 0 Å². The highest BCUT2D eigenvalue weighted by Crippen LogP contribution is 2.33. The minimum absolute atomic E-state index is 0.136. The number of esters is 1. The summed E-state index contributed by atoms with van der Waals surface area (Å²) in [5.41, 5.74) is 6.80. The topological polar surface area (TPSA) is 50.8 Å². The predicted octanol–water partition coefficient (Wildman–Crippen LogP) is 7.54. The van der Waals surface area contributed by atoms with Crippen molar-refractivity contribution in [3.63, 3.8) is 0 Å². The van der Waals surface area contributed by atoms with Gasteiger partial charge in [0.05, 0.1) is 12.2 Å². The van der Waals surface area contributed by atoms with Crippen LogP contribution in [0.3, 0.4) is 0 Å². The molecule has 5 nitrogen and oxygen atoms in total. The quantitative estimate of drug-likeness (QED) is 0.267.